The van der Waals surface area contributed by atoms with Gasteiger partial charge in [-0.05, 0) is 0 Å². The van der Waals surface area contributed by atoms with Crippen LogP contribution in [0.1, 0.15) is 24.1 Å². The van der Waals surface area contributed by atoms with Gasteiger partial charge in [0.25, 0.3) is 0 Å². The fraction of sp³-hybridized carbons (Fsp3) is 0.162. The molecule has 3 aliphatic rings. The van der Waals surface area contributed by atoms with E-state index >= 15 is 0 Å². The maximum absolute atomic E-state index is 4.71. The summed E-state index contributed by atoms with van der Waals surface area (Å²) in [6, 6.07) is 37.2. The molecule has 202 valence electrons. The Morgan fingerprint density at radius 1 is 0.762 bits per heavy atom. The number of hydrogen-bond acceptors (Lipinski definition) is 1. The second kappa shape index (κ2) is 9.18. The van der Waals surface area contributed by atoms with Crippen LogP contribution < -0.4 is 35.7 Å². The topological polar surface area (TPSA) is 17.8 Å². The number of para-hydroxylation sites is 1. The van der Waals surface area contributed by atoms with Gasteiger partial charge in [0.05, 0.1) is 0 Å². The van der Waals surface area contributed by atoms with Crippen molar-refractivity contribution in [1.29, 1.82) is 0 Å². The second-order valence-electron chi connectivity index (χ2n) is 12.6. The predicted octanol–water partition coefficient (Wildman–Crippen LogP) is 3.19. The van der Waals surface area contributed by atoms with Gasteiger partial charge in [0.15, 0.2) is 0 Å². The first-order valence-corrected chi connectivity index (χ1v) is 19.9. The van der Waals surface area contributed by atoms with Crippen molar-refractivity contribution >= 4 is 76.3 Å². The van der Waals surface area contributed by atoms with Crippen molar-refractivity contribution < 1.29 is 0 Å². The Balaban J connectivity index is 1.28. The van der Waals surface area contributed by atoms with Crippen LogP contribution in [0.5, 0.6) is 0 Å². The minimum absolute atomic E-state index is 0.285. The summed E-state index contributed by atoms with van der Waals surface area (Å²) in [5.74, 6) is 0. The van der Waals surface area contributed by atoms with Crippen LogP contribution in [0.25, 0.3) is 27.8 Å². The van der Waals surface area contributed by atoms with Crippen LogP contribution in [-0.4, -0.2) is 39.3 Å². The third kappa shape index (κ3) is 3.48. The Hall–Kier alpha value is -3.63. The van der Waals surface area contributed by atoms with E-state index in [4.69, 9.17) is 4.98 Å². The summed E-state index contributed by atoms with van der Waals surface area (Å²) in [6.07, 6.45) is 6.85. The van der Waals surface area contributed by atoms with Gasteiger partial charge in [0.1, 0.15) is 0 Å². The number of pyridine rings is 1. The summed E-state index contributed by atoms with van der Waals surface area (Å²) < 4.78 is 5.71. The second-order valence-corrected chi connectivity index (χ2v) is 19.2. The predicted molar refractivity (Wildman–Crippen MR) is 182 cm³/mol. The zero-order valence-corrected chi connectivity index (χ0v) is 26.7. The van der Waals surface area contributed by atoms with Gasteiger partial charge >= 0.3 is 256 Å². The molecular weight excluding hydrogens is 590 g/mol. The molecule has 0 atom stereocenters. The van der Waals surface area contributed by atoms with E-state index in [9.17, 15) is 0 Å². The van der Waals surface area contributed by atoms with Crippen LogP contribution in [0.4, 0.5) is 0 Å². The van der Waals surface area contributed by atoms with E-state index in [1.54, 1.807) is 25.9 Å². The van der Waals surface area contributed by atoms with E-state index in [2.05, 4.69) is 109 Å². The number of benzene rings is 4. The van der Waals surface area contributed by atoms with Crippen LogP contribution in [-0.2, 0) is 12.8 Å². The normalized spacial score (nSPS) is 16.0. The molecule has 0 saturated heterocycles. The van der Waals surface area contributed by atoms with Crippen molar-refractivity contribution in [3.8, 4) is 16.9 Å². The molecule has 0 amide bonds. The molecule has 0 unspecified atom stereocenters. The molecule has 2 aromatic heterocycles. The standard InChI is InChI=1S/C37H31BN2SeSi/c1-42(2)35-16-9-15-34-37(35)38(28-19-17-24(22-36(28)42)30-12-7-8-21-39-30)29-23-25(18-20-33(29)41-34)40-31-13-5-3-10-26(31)27-11-4-6-14-32(27)40/h3,5,7-10,12-13,15-23H,4,6,11,14H2,1-2H3. The summed E-state index contributed by atoms with van der Waals surface area (Å²) in [5, 5.41) is 4.63. The van der Waals surface area contributed by atoms with Crippen LogP contribution >= 0.6 is 0 Å². The molecule has 4 heterocycles. The molecule has 9 rings (SSSR count). The van der Waals surface area contributed by atoms with Crippen LogP contribution in [0.15, 0.2) is 103 Å². The number of nitrogens with zero attached hydrogens (tertiary/aromatic N) is 2. The third-order valence-corrected chi connectivity index (χ3v) is 16.0. The Morgan fingerprint density at radius 2 is 1.64 bits per heavy atom. The number of aryl methyl sites for hydroxylation is 1. The van der Waals surface area contributed by atoms with Gasteiger partial charge in [-0.2, -0.15) is 0 Å². The van der Waals surface area contributed by atoms with Gasteiger partial charge < -0.3 is 0 Å². The summed E-state index contributed by atoms with van der Waals surface area (Å²) in [7, 11) is -1.92. The molecule has 0 fully saturated rings. The van der Waals surface area contributed by atoms with E-state index < -0.39 is 8.07 Å². The van der Waals surface area contributed by atoms with Crippen molar-refractivity contribution in [1.82, 2.24) is 9.55 Å². The van der Waals surface area contributed by atoms with Crippen LogP contribution in [0.2, 0.25) is 13.1 Å². The zero-order valence-electron chi connectivity index (χ0n) is 24.0. The average Bonchev–Trinajstić information content (AvgIpc) is 3.37. The van der Waals surface area contributed by atoms with E-state index in [0.717, 1.165) is 5.69 Å². The quantitative estimate of drug-likeness (QED) is 0.272. The molecule has 6 aromatic rings. The first-order chi connectivity index (χ1) is 20.6. The fourth-order valence-corrected chi connectivity index (χ4v) is 13.9. The summed E-state index contributed by atoms with van der Waals surface area (Å²) in [5.41, 5.74) is 12.7. The maximum atomic E-state index is 4.71. The van der Waals surface area contributed by atoms with Crippen molar-refractivity contribution in [3.05, 3.63) is 115 Å². The summed E-state index contributed by atoms with van der Waals surface area (Å²) in [6.45, 7) is 5.39. The molecule has 0 N–H and O–H groups in total. The van der Waals surface area contributed by atoms with Gasteiger partial charge in [-0.3, -0.25) is 0 Å². The molecule has 2 aliphatic heterocycles. The van der Waals surface area contributed by atoms with E-state index in [-0.39, 0.29) is 6.71 Å². The molecule has 4 aromatic carbocycles. The number of fused-ring (bicyclic) bond motifs is 7. The number of hydrogen-bond donors (Lipinski definition) is 0. The Bertz CT molecular complexity index is 2060. The first-order valence-electron chi connectivity index (χ1n) is 15.2. The zero-order chi connectivity index (χ0) is 28.0. The van der Waals surface area contributed by atoms with Crippen LogP contribution in [0, 0.1) is 0 Å². The first kappa shape index (κ1) is 24.9. The number of rotatable bonds is 2. The minimum atomic E-state index is -1.92. The van der Waals surface area contributed by atoms with E-state index in [1.165, 1.54) is 68.9 Å². The molecule has 5 heteroatoms. The van der Waals surface area contributed by atoms with Gasteiger partial charge in [-0.25, -0.2) is 0 Å². The van der Waals surface area contributed by atoms with Crippen LogP contribution in [0.3, 0.4) is 0 Å². The summed E-state index contributed by atoms with van der Waals surface area (Å²) >= 11 is 0.309. The molecule has 42 heavy (non-hydrogen) atoms. The fourth-order valence-electron chi connectivity index (χ4n) is 8.04. The van der Waals surface area contributed by atoms with Crippen molar-refractivity contribution in [2.75, 3.05) is 0 Å². The third-order valence-electron chi connectivity index (χ3n) is 9.99. The monoisotopic (exact) mass is 622 g/mol. The Labute approximate surface area is 255 Å². The van der Waals surface area contributed by atoms with Gasteiger partial charge in [0.2, 0.25) is 0 Å². The average molecular weight is 622 g/mol. The molecule has 2 nitrogen and oxygen atoms in total. The Kier molecular flexibility index (Phi) is 5.45. The van der Waals surface area contributed by atoms with Gasteiger partial charge in [-0.15, -0.1) is 0 Å². The van der Waals surface area contributed by atoms with Gasteiger partial charge in [0, 0.05) is 0 Å². The number of aromatic nitrogens is 2. The molecule has 0 saturated carbocycles. The molecule has 0 bridgehead atoms. The van der Waals surface area contributed by atoms with Crippen molar-refractivity contribution in [2.45, 2.75) is 38.8 Å². The van der Waals surface area contributed by atoms with E-state index in [0.29, 0.717) is 15.0 Å². The summed E-state index contributed by atoms with van der Waals surface area (Å²) in [4.78, 5) is 4.71. The molecule has 0 radical (unpaired) electrons. The van der Waals surface area contributed by atoms with Gasteiger partial charge in [-0.1, -0.05) is 0 Å². The molecular formula is C37H31BN2SeSi. The van der Waals surface area contributed by atoms with Crippen molar-refractivity contribution in [3.63, 3.8) is 0 Å². The molecule has 0 spiro atoms. The Morgan fingerprint density at radius 3 is 2.55 bits per heavy atom. The van der Waals surface area contributed by atoms with Crippen molar-refractivity contribution in [2.24, 2.45) is 0 Å². The van der Waals surface area contributed by atoms with E-state index in [1.807, 2.05) is 12.3 Å². The SMILES string of the molecule is C[Si]1(C)c2cc(-c3ccccn3)ccc2B2c3cc(-n4c5c(c6ccccc64)CCCC5)ccc3[Se]c3cccc1c32. The molecule has 1 aliphatic carbocycles.